The molecule has 0 fully saturated rings. The van der Waals surface area contributed by atoms with Gasteiger partial charge in [0.25, 0.3) is 5.91 Å². The van der Waals surface area contributed by atoms with Gasteiger partial charge in [-0.15, -0.1) is 0 Å². The van der Waals surface area contributed by atoms with Gasteiger partial charge in [0.2, 0.25) is 5.91 Å². The normalized spacial score (nSPS) is 15.3. The maximum Gasteiger partial charge on any atom is 0.335 e. The van der Waals surface area contributed by atoms with Crippen LogP contribution in [0.25, 0.3) is 11.4 Å². The van der Waals surface area contributed by atoms with Crippen LogP contribution in [0.5, 0.6) is 0 Å². The molecule has 0 bridgehead atoms. The highest BCUT2D eigenvalue weighted by molar-refractivity contribution is 5.98. The minimum absolute atomic E-state index is 0.114. The maximum atomic E-state index is 14.9. The molecule has 1 aromatic carbocycles. The number of likely N-dealkylation sites (N-methyl/N-ethyl adjacent to an activating group) is 1. The number of halogens is 1. The molecule has 1 aliphatic rings. The number of rotatable bonds is 5. The Morgan fingerprint density at radius 3 is 2.48 bits per heavy atom. The summed E-state index contributed by atoms with van der Waals surface area (Å²) < 4.78 is 16.7. The van der Waals surface area contributed by atoms with Crippen molar-refractivity contribution in [1.29, 1.82) is 0 Å². The molecule has 178 valence electrons. The van der Waals surface area contributed by atoms with E-state index in [9.17, 15) is 18.8 Å². The lowest BCUT2D eigenvalue weighted by Crippen LogP contribution is -2.53. The standard InChI is InChI=1S/C23H30FN5O4/c1-23(2,3)18(21(31)25-4)27-20(30)17-16-12-28(5)9-6-10-29(16)19(26-17)14-8-7-13(22(32)33)11-15(14)24/h7-8,11,18H,6,9-10,12H2,1-5H3,(H,25,31)(H,27,30)(H,32,33)/t18-/m1/s1. The van der Waals surface area contributed by atoms with Crippen LogP contribution < -0.4 is 10.6 Å². The highest BCUT2D eigenvalue weighted by Crippen LogP contribution is 2.29. The number of nitrogens with zero attached hydrogens (tertiary/aromatic N) is 3. The molecule has 1 aromatic heterocycles. The summed E-state index contributed by atoms with van der Waals surface area (Å²) in [5.74, 6) is -2.55. The Morgan fingerprint density at radius 1 is 1.21 bits per heavy atom. The van der Waals surface area contributed by atoms with E-state index in [1.165, 1.54) is 19.2 Å². The maximum absolute atomic E-state index is 14.9. The summed E-state index contributed by atoms with van der Waals surface area (Å²) in [6, 6.07) is 2.83. The van der Waals surface area contributed by atoms with Crippen LogP contribution in [0.3, 0.4) is 0 Å². The molecular weight excluding hydrogens is 429 g/mol. The Morgan fingerprint density at radius 2 is 1.91 bits per heavy atom. The topological polar surface area (TPSA) is 117 Å². The molecule has 3 rings (SSSR count). The van der Waals surface area contributed by atoms with Crippen molar-refractivity contribution in [3.63, 3.8) is 0 Å². The first-order valence-corrected chi connectivity index (χ1v) is 10.8. The first kappa shape index (κ1) is 24.4. The first-order chi connectivity index (χ1) is 15.4. The number of aromatic carboxylic acids is 1. The third-order valence-corrected chi connectivity index (χ3v) is 5.74. The summed E-state index contributed by atoms with van der Waals surface area (Å²) in [6.07, 6.45) is 0.769. The molecule has 1 atom stereocenters. The van der Waals surface area contributed by atoms with Gasteiger partial charge >= 0.3 is 5.97 Å². The largest absolute Gasteiger partial charge is 0.478 e. The lowest BCUT2D eigenvalue weighted by atomic mass is 9.86. The first-order valence-electron chi connectivity index (χ1n) is 10.8. The number of carboxylic acid groups (broad SMARTS) is 1. The van der Waals surface area contributed by atoms with Crippen molar-refractivity contribution in [1.82, 2.24) is 25.1 Å². The lowest BCUT2D eigenvalue weighted by Gasteiger charge is -2.29. The van der Waals surface area contributed by atoms with Gasteiger partial charge in [-0.05, 0) is 43.6 Å². The van der Waals surface area contributed by atoms with Gasteiger partial charge in [0, 0.05) is 20.1 Å². The molecule has 2 heterocycles. The fraction of sp³-hybridized carbons (Fsp3) is 0.478. The summed E-state index contributed by atoms with van der Waals surface area (Å²) in [6.45, 7) is 7.27. The molecule has 3 N–H and O–H groups in total. The molecule has 2 amide bonds. The van der Waals surface area contributed by atoms with Crippen LogP contribution in [0, 0.1) is 11.2 Å². The van der Waals surface area contributed by atoms with Crippen LogP contribution in [0.15, 0.2) is 18.2 Å². The van der Waals surface area contributed by atoms with Crippen molar-refractivity contribution in [3.8, 4) is 11.4 Å². The molecule has 0 saturated carbocycles. The number of aromatic nitrogens is 2. The van der Waals surface area contributed by atoms with Crippen LogP contribution >= 0.6 is 0 Å². The minimum Gasteiger partial charge on any atom is -0.478 e. The van der Waals surface area contributed by atoms with E-state index in [4.69, 9.17) is 5.11 Å². The van der Waals surface area contributed by atoms with E-state index in [1.54, 1.807) is 0 Å². The molecule has 33 heavy (non-hydrogen) atoms. The number of carbonyl (C=O) groups is 3. The van der Waals surface area contributed by atoms with E-state index in [0.717, 1.165) is 19.0 Å². The minimum atomic E-state index is -1.23. The molecule has 0 radical (unpaired) electrons. The van der Waals surface area contributed by atoms with Crippen LogP contribution in [0.4, 0.5) is 4.39 Å². The molecule has 1 aliphatic heterocycles. The van der Waals surface area contributed by atoms with Gasteiger partial charge in [-0.25, -0.2) is 14.2 Å². The second kappa shape index (κ2) is 9.30. The average Bonchev–Trinajstić information content (AvgIpc) is 2.96. The average molecular weight is 460 g/mol. The van der Waals surface area contributed by atoms with Crippen LogP contribution in [0.1, 0.15) is 53.7 Å². The van der Waals surface area contributed by atoms with E-state index < -0.39 is 29.2 Å². The zero-order valence-corrected chi connectivity index (χ0v) is 19.5. The number of carbonyl (C=O) groups excluding carboxylic acids is 2. The Kier molecular flexibility index (Phi) is 6.87. The Hall–Kier alpha value is -3.27. The zero-order chi connectivity index (χ0) is 24.5. The third kappa shape index (κ3) is 5.05. The molecular formula is C23H30FN5O4. The van der Waals surface area contributed by atoms with E-state index in [2.05, 4.69) is 15.6 Å². The number of hydrogen-bond acceptors (Lipinski definition) is 5. The van der Waals surface area contributed by atoms with Crippen LogP contribution in [-0.2, 0) is 17.9 Å². The lowest BCUT2D eigenvalue weighted by molar-refractivity contribution is -0.124. The Balaban J connectivity index is 2.10. The number of nitrogens with one attached hydrogen (secondary N) is 2. The molecule has 0 aliphatic carbocycles. The predicted molar refractivity (Wildman–Crippen MR) is 120 cm³/mol. The molecule has 10 heteroatoms. The fourth-order valence-electron chi connectivity index (χ4n) is 3.96. The van der Waals surface area contributed by atoms with Gasteiger partial charge in [-0.3, -0.25) is 9.59 Å². The second-order valence-corrected chi connectivity index (χ2v) is 9.36. The van der Waals surface area contributed by atoms with Crippen LogP contribution in [0.2, 0.25) is 0 Å². The van der Waals surface area contributed by atoms with Gasteiger partial charge in [-0.2, -0.15) is 0 Å². The van der Waals surface area contributed by atoms with Gasteiger partial charge in [0.1, 0.15) is 17.7 Å². The zero-order valence-electron chi connectivity index (χ0n) is 19.5. The van der Waals surface area contributed by atoms with Gasteiger partial charge in [-0.1, -0.05) is 20.8 Å². The monoisotopic (exact) mass is 459 g/mol. The van der Waals surface area contributed by atoms with E-state index in [-0.39, 0.29) is 28.6 Å². The van der Waals surface area contributed by atoms with Gasteiger partial charge < -0.3 is 25.2 Å². The molecule has 9 nitrogen and oxygen atoms in total. The second-order valence-electron chi connectivity index (χ2n) is 9.36. The molecule has 2 aromatic rings. The summed E-state index contributed by atoms with van der Waals surface area (Å²) in [7, 11) is 3.43. The third-order valence-electron chi connectivity index (χ3n) is 5.74. The smallest absolute Gasteiger partial charge is 0.335 e. The summed E-state index contributed by atoms with van der Waals surface area (Å²) in [4.78, 5) is 43.5. The highest BCUT2D eigenvalue weighted by atomic mass is 19.1. The predicted octanol–water partition coefficient (Wildman–Crippen LogP) is 2.11. The SMILES string of the molecule is CNC(=O)[C@@H](NC(=O)c1nc(-c2ccc(C(=O)O)cc2F)n2c1CN(C)CCC2)C(C)(C)C. The van der Waals surface area contributed by atoms with Crippen molar-refractivity contribution in [2.45, 2.75) is 46.3 Å². The summed E-state index contributed by atoms with van der Waals surface area (Å²) in [5, 5.41) is 14.5. The molecule has 0 spiro atoms. The number of hydrogen-bond donors (Lipinski definition) is 3. The van der Waals surface area contributed by atoms with Crippen molar-refractivity contribution in [2.75, 3.05) is 20.6 Å². The van der Waals surface area contributed by atoms with E-state index in [1.807, 2.05) is 37.3 Å². The fourth-order valence-corrected chi connectivity index (χ4v) is 3.96. The number of amides is 2. The summed E-state index contributed by atoms with van der Waals surface area (Å²) >= 11 is 0. The quantitative estimate of drug-likeness (QED) is 0.631. The highest BCUT2D eigenvalue weighted by Gasteiger charge is 2.35. The van der Waals surface area contributed by atoms with E-state index >= 15 is 0 Å². The summed E-state index contributed by atoms with van der Waals surface area (Å²) in [5.41, 5.74) is 0.135. The number of carboxylic acids is 1. The number of benzene rings is 1. The van der Waals surface area contributed by atoms with Crippen molar-refractivity contribution >= 4 is 17.8 Å². The van der Waals surface area contributed by atoms with Gasteiger partial charge in [0.15, 0.2) is 5.69 Å². The van der Waals surface area contributed by atoms with Gasteiger partial charge in [0.05, 0.1) is 16.8 Å². The van der Waals surface area contributed by atoms with Crippen molar-refractivity contribution in [2.24, 2.45) is 5.41 Å². The van der Waals surface area contributed by atoms with E-state index in [0.29, 0.717) is 18.8 Å². The Labute approximate surface area is 192 Å². The number of imidazole rings is 1. The number of fused-ring (bicyclic) bond motifs is 1. The van der Waals surface area contributed by atoms with Crippen molar-refractivity contribution < 1.29 is 23.9 Å². The van der Waals surface area contributed by atoms with Crippen molar-refractivity contribution in [3.05, 3.63) is 41.0 Å². The molecule has 0 saturated heterocycles. The molecule has 0 unspecified atom stereocenters. The van der Waals surface area contributed by atoms with Crippen LogP contribution in [-0.4, -0.2) is 64.0 Å². The Bertz CT molecular complexity index is 1090.